The van der Waals surface area contributed by atoms with Crippen molar-refractivity contribution >= 4 is 23.6 Å². The summed E-state index contributed by atoms with van der Waals surface area (Å²) in [5, 5.41) is 6.28. The normalized spacial score (nSPS) is 10.7. The molecule has 0 atom stereocenters. The Labute approximate surface area is 159 Å². The first-order chi connectivity index (χ1) is 12.4. The molecule has 6 heteroatoms. The summed E-state index contributed by atoms with van der Waals surface area (Å²) in [6.45, 7) is 8.58. The number of aromatic nitrogens is 1. The Balaban J connectivity index is 2.00. The molecule has 0 aliphatic heterocycles. The molecule has 1 heterocycles. The van der Waals surface area contributed by atoms with Gasteiger partial charge in [0.15, 0.2) is 0 Å². The minimum absolute atomic E-state index is 0.0217. The molecule has 0 bridgehead atoms. The molecule has 0 unspecified atom stereocenters. The van der Waals surface area contributed by atoms with Crippen LogP contribution in [-0.2, 0) is 4.79 Å². The summed E-state index contributed by atoms with van der Waals surface area (Å²) in [5.74, 6) is -0.278. The Hall–Kier alpha value is -2.34. The standard InChI is InChI=1S/C20H25N3O2S/c1-13(2)18(24)21-10-11-22-19(25)17-6-5-9-23-20(17)26-16-8-7-14(3)15(4)12-16/h5-9,12-13H,10-11H2,1-4H3,(H,21,24)(H,22,25). The Morgan fingerprint density at radius 3 is 2.50 bits per heavy atom. The third-order valence-electron chi connectivity index (χ3n) is 3.94. The van der Waals surface area contributed by atoms with E-state index in [0.717, 1.165) is 4.90 Å². The van der Waals surface area contributed by atoms with Gasteiger partial charge >= 0.3 is 0 Å². The van der Waals surface area contributed by atoms with Crippen LogP contribution >= 0.6 is 11.8 Å². The molecule has 2 amide bonds. The molecule has 0 saturated heterocycles. The Morgan fingerprint density at radius 2 is 1.81 bits per heavy atom. The van der Waals surface area contributed by atoms with Gasteiger partial charge in [0.2, 0.25) is 5.91 Å². The lowest BCUT2D eigenvalue weighted by molar-refractivity contribution is -0.123. The minimum atomic E-state index is -0.191. The number of nitrogens with zero attached hydrogens (tertiary/aromatic N) is 1. The summed E-state index contributed by atoms with van der Waals surface area (Å²) in [6.07, 6.45) is 1.68. The van der Waals surface area contributed by atoms with Gasteiger partial charge in [-0.3, -0.25) is 9.59 Å². The van der Waals surface area contributed by atoms with E-state index in [4.69, 9.17) is 0 Å². The van der Waals surface area contributed by atoms with Crippen LogP contribution in [0.1, 0.15) is 35.3 Å². The number of hydrogen-bond acceptors (Lipinski definition) is 4. The van der Waals surface area contributed by atoms with Gasteiger partial charge in [-0.05, 0) is 49.2 Å². The lowest BCUT2D eigenvalue weighted by atomic mass is 10.1. The van der Waals surface area contributed by atoms with Crippen molar-refractivity contribution in [3.8, 4) is 0 Å². The van der Waals surface area contributed by atoms with Crippen LogP contribution in [0.25, 0.3) is 0 Å². The zero-order valence-corrected chi connectivity index (χ0v) is 16.4. The second-order valence-electron chi connectivity index (χ2n) is 6.41. The zero-order chi connectivity index (χ0) is 19.1. The van der Waals surface area contributed by atoms with E-state index < -0.39 is 0 Å². The van der Waals surface area contributed by atoms with Gasteiger partial charge in [-0.2, -0.15) is 0 Å². The third kappa shape index (κ3) is 5.59. The summed E-state index contributed by atoms with van der Waals surface area (Å²) < 4.78 is 0. The van der Waals surface area contributed by atoms with Crippen molar-refractivity contribution in [2.75, 3.05) is 13.1 Å². The largest absolute Gasteiger partial charge is 0.354 e. The fourth-order valence-electron chi connectivity index (χ4n) is 2.20. The summed E-state index contributed by atoms with van der Waals surface area (Å²) >= 11 is 1.47. The summed E-state index contributed by atoms with van der Waals surface area (Å²) in [7, 11) is 0. The predicted octanol–water partition coefficient (Wildman–Crippen LogP) is 3.35. The van der Waals surface area contributed by atoms with Crippen molar-refractivity contribution in [2.45, 2.75) is 37.6 Å². The number of nitrogens with one attached hydrogen (secondary N) is 2. The fourth-order valence-corrected chi connectivity index (χ4v) is 3.17. The van der Waals surface area contributed by atoms with Crippen LogP contribution in [0.5, 0.6) is 0 Å². The maximum absolute atomic E-state index is 12.5. The lowest BCUT2D eigenvalue weighted by Gasteiger charge is -2.11. The van der Waals surface area contributed by atoms with E-state index in [9.17, 15) is 9.59 Å². The van der Waals surface area contributed by atoms with Crippen LogP contribution in [0.2, 0.25) is 0 Å². The molecule has 26 heavy (non-hydrogen) atoms. The van der Waals surface area contributed by atoms with E-state index in [1.54, 1.807) is 18.3 Å². The Bertz CT molecular complexity index is 790. The summed E-state index contributed by atoms with van der Waals surface area (Å²) in [6, 6.07) is 9.71. The molecule has 2 aromatic rings. The molecule has 5 nitrogen and oxygen atoms in total. The SMILES string of the molecule is Cc1ccc(Sc2ncccc2C(=O)NCCNC(=O)C(C)C)cc1C. The molecule has 0 fully saturated rings. The summed E-state index contributed by atoms with van der Waals surface area (Å²) in [5.41, 5.74) is 2.97. The average molecular weight is 372 g/mol. The number of benzene rings is 1. The lowest BCUT2D eigenvalue weighted by Crippen LogP contribution is -2.36. The van der Waals surface area contributed by atoms with Crippen LogP contribution in [0.15, 0.2) is 46.5 Å². The highest BCUT2D eigenvalue weighted by molar-refractivity contribution is 7.99. The summed E-state index contributed by atoms with van der Waals surface area (Å²) in [4.78, 5) is 29.4. The van der Waals surface area contributed by atoms with Crippen molar-refractivity contribution in [3.63, 3.8) is 0 Å². The van der Waals surface area contributed by atoms with E-state index in [1.165, 1.54) is 22.9 Å². The highest BCUT2D eigenvalue weighted by atomic mass is 32.2. The molecule has 0 aliphatic carbocycles. The van der Waals surface area contributed by atoms with Gasteiger partial charge in [0.05, 0.1) is 5.56 Å². The van der Waals surface area contributed by atoms with Gasteiger partial charge in [-0.25, -0.2) is 4.98 Å². The number of carbonyl (C=O) groups is 2. The molecule has 1 aromatic heterocycles. The molecule has 0 aliphatic rings. The van der Waals surface area contributed by atoms with Crippen LogP contribution < -0.4 is 10.6 Å². The zero-order valence-electron chi connectivity index (χ0n) is 15.6. The molecule has 2 rings (SSSR count). The maximum atomic E-state index is 12.5. The van der Waals surface area contributed by atoms with Crippen molar-refractivity contribution in [1.82, 2.24) is 15.6 Å². The van der Waals surface area contributed by atoms with Gasteiger partial charge < -0.3 is 10.6 Å². The number of pyridine rings is 1. The molecule has 0 saturated carbocycles. The van der Waals surface area contributed by atoms with Crippen molar-refractivity contribution in [2.24, 2.45) is 5.92 Å². The van der Waals surface area contributed by atoms with E-state index >= 15 is 0 Å². The number of hydrogen-bond donors (Lipinski definition) is 2. The highest BCUT2D eigenvalue weighted by Crippen LogP contribution is 2.29. The topological polar surface area (TPSA) is 71.1 Å². The van der Waals surface area contributed by atoms with E-state index in [-0.39, 0.29) is 17.7 Å². The van der Waals surface area contributed by atoms with E-state index in [0.29, 0.717) is 23.7 Å². The first kappa shape index (κ1) is 20.0. The highest BCUT2D eigenvalue weighted by Gasteiger charge is 2.13. The molecular formula is C20H25N3O2S. The molecule has 1 aromatic carbocycles. The monoisotopic (exact) mass is 371 g/mol. The van der Waals surface area contributed by atoms with E-state index in [1.807, 2.05) is 19.9 Å². The first-order valence-corrected chi connectivity index (χ1v) is 9.46. The number of carbonyl (C=O) groups excluding carboxylic acids is 2. The molecule has 0 radical (unpaired) electrons. The Morgan fingerprint density at radius 1 is 1.08 bits per heavy atom. The third-order valence-corrected chi connectivity index (χ3v) is 4.95. The molecular weight excluding hydrogens is 346 g/mol. The van der Waals surface area contributed by atoms with Crippen molar-refractivity contribution in [3.05, 3.63) is 53.2 Å². The quantitative estimate of drug-likeness (QED) is 0.732. The number of aryl methyl sites for hydroxylation is 2. The Kier molecular flexibility index (Phi) is 7.21. The maximum Gasteiger partial charge on any atom is 0.254 e. The molecule has 2 N–H and O–H groups in total. The van der Waals surface area contributed by atoms with Gasteiger partial charge in [0, 0.05) is 30.1 Å². The smallest absolute Gasteiger partial charge is 0.254 e. The van der Waals surface area contributed by atoms with Gasteiger partial charge in [0.25, 0.3) is 5.91 Å². The van der Waals surface area contributed by atoms with Crippen molar-refractivity contribution < 1.29 is 9.59 Å². The number of rotatable bonds is 7. The van der Waals surface area contributed by atoms with Crippen LogP contribution in [0.3, 0.4) is 0 Å². The first-order valence-electron chi connectivity index (χ1n) is 8.64. The second-order valence-corrected chi connectivity index (χ2v) is 7.47. The molecule has 0 spiro atoms. The van der Waals surface area contributed by atoms with Gasteiger partial charge in [-0.1, -0.05) is 31.7 Å². The average Bonchev–Trinajstić information content (AvgIpc) is 2.61. The second kappa shape index (κ2) is 9.38. The minimum Gasteiger partial charge on any atom is -0.354 e. The van der Waals surface area contributed by atoms with Gasteiger partial charge in [0.1, 0.15) is 5.03 Å². The molecule has 138 valence electrons. The van der Waals surface area contributed by atoms with Crippen LogP contribution in [0, 0.1) is 19.8 Å². The van der Waals surface area contributed by atoms with E-state index in [2.05, 4.69) is 41.6 Å². The van der Waals surface area contributed by atoms with Crippen LogP contribution in [-0.4, -0.2) is 29.9 Å². The fraction of sp³-hybridized carbons (Fsp3) is 0.350. The van der Waals surface area contributed by atoms with Crippen LogP contribution in [0.4, 0.5) is 0 Å². The number of amides is 2. The van der Waals surface area contributed by atoms with Crippen molar-refractivity contribution in [1.29, 1.82) is 0 Å². The van der Waals surface area contributed by atoms with Gasteiger partial charge in [-0.15, -0.1) is 0 Å². The predicted molar refractivity (Wildman–Crippen MR) is 104 cm³/mol.